The maximum Gasteiger partial charge on any atom is 0.344 e. The summed E-state index contributed by atoms with van der Waals surface area (Å²) in [6.07, 6.45) is 3.63. The van der Waals surface area contributed by atoms with E-state index in [0.717, 1.165) is 18.4 Å². The highest BCUT2D eigenvalue weighted by atomic mass is 16.5. The summed E-state index contributed by atoms with van der Waals surface area (Å²) in [5, 5.41) is 0. The predicted molar refractivity (Wildman–Crippen MR) is 104 cm³/mol. The third kappa shape index (κ3) is 3.14. The van der Waals surface area contributed by atoms with Crippen LogP contribution in [0, 0.1) is 5.92 Å². The molecule has 136 valence electrons. The average Bonchev–Trinajstić information content (AvgIpc) is 2.92. The van der Waals surface area contributed by atoms with Gasteiger partial charge in [-0.1, -0.05) is 44.9 Å². The van der Waals surface area contributed by atoms with Gasteiger partial charge in [-0.3, -0.25) is 0 Å². The molecule has 0 amide bonds. The minimum atomic E-state index is -0.452. The third-order valence-corrected chi connectivity index (χ3v) is 4.71. The molecule has 2 N–H and O–H groups in total. The van der Waals surface area contributed by atoms with E-state index in [-0.39, 0.29) is 5.56 Å². The van der Waals surface area contributed by atoms with Crippen molar-refractivity contribution in [2.24, 2.45) is 5.92 Å². The number of anilines is 1. The summed E-state index contributed by atoms with van der Waals surface area (Å²) in [6.45, 7) is 8.75. The molecule has 3 aromatic rings. The Balaban J connectivity index is 2.11. The van der Waals surface area contributed by atoms with Gasteiger partial charge in [-0.05, 0) is 18.1 Å². The normalized spacial score (nSPS) is 11.3. The van der Waals surface area contributed by atoms with Crippen molar-refractivity contribution in [2.75, 3.05) is 12.3 Å². The van der Waals surface area contributed by atoms with E-state index in [1.54, 1.807) is 10.6 Å². The van der Waals surface area contributed by atoms with Crippen LogP contribution in [-0.2, 0) is 11.3 Å². The zero-order valence-electron chi connectivity index (χ0n) is 15.2. The van der Waals surface area contributed by atoms with Crippen molar-refractivity contribution in [3.05, 3.63) is 42.5 Å². The maximum atomic E-state index is 12.8. The molecule has 26 heavy (non-hydrogen) atoms. The van der Waals surface area contributed by atoms with Gasteiger partial charge >= 0.3 is 5.97 Å². The molecule has 0 spiro atoms. The number of esters is 1. The van der Waals surface area contributed by atoms with E-state index in [1.165, 1.54) is 0 Å². The van der Waals surface area contributed by atoms with E-state index in [2.05, 4.69) is 30.4 Å². The number of carbonyl (C=O) groups excluding carboxylic acids is 1. The molecule has 0 aliphatic rings. The molecule has 0 radical (unpaired) electrons. The number of nitrogens with zero attached hydrogens (tertiary/aromatic N) is 3. The second-order valence-electron chi connectivity index (χ2n) is 6.33. The lowest BCUT2D eigenvalue weighted by Crippen LogP contribution is -2.15. The highest BCUT2D eigenvalue weighted by Crippen LogP contribution is 2.28. The number of rotatable bonds is 7. The van der Waals surface area contributed by atoms with Gasteiger partial charge in [0.05, 0.1) is 17.6 Å². The number of hydrogen-bond donors (Lipinski definition) is 1. The molecular formula is C20H24N4O2. The molecule has 6 nitrogen and oxygen atoms in total. The van der Waals surface area contributed by atoms with E-state index in [4.69, 9.17) is 10.5 Å². The van der Waals surface area contributed by atoms with Gasteiger partial charge in [-0.15, -0.1) is 6.58 Å². The van der Waals surface area contributed by atoms with Crippen LogP contribution in [0.4, 0.5) is 5.82 Å². The van der Waals surface area contributed by atoms with Crippen LogP contribution in [0.5, 0.6) is 0 Å². The van der Waals surface area contributed by atoms with Gasteiger partial charge in [0.25, 0.3) is 0 Å². The first-order valence-corrected chi connectivity index (χ1v) is 8.93. The van der Waals surface area contributed by atoms with Crippen molar-refractivity contribution in [2.45, 2.75) is 33.2 Å². The predicted octanol–water partition coefficient (Wildman–Crippen LogP) is 3.95. The summed E-state index contributed by atoms with van der Waals surface area (Å²) in [7, 11) is 0. The zero-order chi connectivity index (χ0) is 18.7. The summed E-state index contributed by atoms with van der Waals surface area (Å²) in [4.78, 5) is 22.0. The van der Waals surface area contributed by atoms with Gasteiger partial charge in [0, 0.05) is 6.54 Å². The Morgan fingerprint density at radius 3 is 2.54 bits per heavy atom. The van der Waals surface area contributed by atoms with E-state index < -0.39 is 5.97 Å². The molecule has 0 unspecified atom stereocenters. The Labute approximate surface area is 152 Å². The molecular weight excluding hydrogens is 328 g/mol. The van der Waals surface area contributed by atoms with Crippen molar-refractivity contribution < 1.29 is 9.53 Å². The summed E-state index contributed by atoms with van der Waals surface area (Å²) in [5.41, 5.74) is 9.05. The van der Waals surface area contributed by atoms with Crippen LogP contribution in [0.15, 0.2) is 36.9 Å². The molecule has 1 aromatic carbocycles. The Morgan fingerprint density at radius 2 is 1.92 bits per heavy atom. The maximum absolute atomic E-state index is 12.8. The Morgan fingerprint density at radius 1 is 1.27 bits per heavy atom. The number of hydrogen-bond acceptors (Lipinski definition) is 5. The largest absolute Gasteiger partial charge is 0.462 e. The van der Waals surface area contributed by atoms with Crippen molar-refractivity contribution in [3.8, 4) is 0 Å². The minimum absolute atomic E-state index is 0.283. The number of ether oxygens (including phenoxy) is 1. The SMILES string of the molecule is C=CCn1c(N)c(C(=O)OCC(CC)CC)c2nc3ccccc3nc21. The molecule has 0 saturated heterocycles. The summed E-state index contributed by atoms with van der Waals surface area (Å²) in [6, 6.07) is 7.53. The molecule has 0 fully saturated rings. The highest BCUT2D eigenvalue weighted by molar-refractivity contribution is 6.08. The van der Waals surface area contributed by atoms with Crippen LogP contribution in [-0.4, -0.2) is 27.1 Å². The van der Waals surface area contributed by atoms with Gasteiger partial charge in [-0.25, -0.2) is 14.8 Å². The zero-order valence-corrected chi connectivity index (χ0v) is 15.2. The number of para-hydroxylation sites is 2. The van der Waals surface area contributed by atoms with E-state index in [1.807, 2.05) is 24.3 Å². The van der Waals surface area contributed by atoms with Gasteiger partial charge in [-0.2, -0.15) is 0 Å². The molecule has 0 atom stereocenters. The lowest BCUT2D eigenvalue weighted by molar-refractivity contribution is 0.0436. The van der Waals surface area contributed by atoms with Gasteiger partial charge in [0.15, 0.2) is 5.65 Å². The Kier molecular flexibility index (Phi) is 5.21. The summed E-state index contributed by atoms with van der Waals surface area (Å²) >= 11 is 0. The summed E-state index contributed by atoms with van der Waals surface area (Å²) in [5.74, 6) is 0.199. The van der Waals surface area contributed by atoms with E-state index >= 15 is 0 Å². The number of nitrogen functional groups attached to an aromatic ring is 1. The second-order valence-corrected chi connectivity index (χ2v) is 6.33. The third-order valence-electron chi connectivity index (χ3n) is 4.71. The van der Waals surface area contributed by atoms with Crippen LogP contribution in [0.1, 0.15) is 37.0 Å². The number of aromatic nitrogens is 3. The number of benzene rings is 1. The topological polar surface area (TPSA) is 83.0 Å². The van der Waals surface area contributed by atoms with Crippen molar-refractivity contribution in [1.29, 1.82) is 0 Å². The Bertz CT molecular complexity index is 957. The number of nitrogens with two attached hydrogens (primary N) is 1. The van der Waals surface area contributed by atoms with Crippen LogP contribution < -0.4 is 5.73 Å². The molecule has 3 rings (SSSR count). The molecule has 2 aromatic heterocycles. The van der Waals surface area contributed by atoms with Crippen LogP contribution >= 0.6 is 0 Å². The number of fused-ring (bicyclic) bond motifs is 2. The fourth-order valence-electron chi connectivity index (χ4n) is 3.02. The molecule has 0 aliphatic heterocycles. The monoisotopic (exact) mass is 352 g/mol. The summed E-state index contributed by atoms with van der Waals surface area (Å²) < 4.78 is 7.28. The van der Waals surface area contributed by atoms with Gasteiger partial charge in [0.2, 0.25) is 0 Å². The standard InChI is InChI=1S/C20H24N4O2/c1-4-11-24-18(21)16(20(25)26-12-13(5-2)6-3)17-19(24)23-15-10-8-7-9-14(15)22-17/h4,7-10,13H,1,5-6,11-12,21H2,2-3H3. The van der Waals surface area contributed by atoms with Crippen LogP contribution in [0.25, 0.3) is 22.2 Å². The van der Waals surface area contributed by atoms with Crippen LogP contribution in [0.3, 0.4) is 0 Å². The quantitative estimate of drug-likeness (QED) is 0.514. The van der Waals surface area contributed by atoms with Crippen molar-refractivity contribution >= 4 is 34.0 Å². The number of carbonyl (C=O) groups is 1. The molecule has 0 saturated carbocycles. The number of allylic oxidation sites excluding steroid dienone is 1. The lowest BCUT2D eigenvalue weighted by atomic mass is 10.1. The van der Waals surface area contributed by atoms with E-state index in [0.29, 0.717) is 41.6 Å². The lowest BCUT2D eigenvalue weighted by Gasteiger charge is -2.12. The van der Waals surface area contributed by atoms with Gasteiger partial charge < -0.3 is 15.0 Å². The fraction of sp³-hybridized carbons (Fsp3) is 0.350. The molecule has 2 heterocycles. The van der Waals surface area contributed by atoms with Crippen LogP contribution in [0.2, 0.25) is 0 Å². The second kappa shape index (κ2) is 7.56. The van der Waals surface area contributed by atoms with Gasteiger partial charge in [0.1, 0.15) is 16.9 Å². The van der Waals surface area contributed by atoms with Crippen molar-refractivity contribution in [3.63, 3.8) is 0 Å². The fourth-order valence-corrected chi connectivity index (χ4v) is 3.02. The highest BCUT2D eigenvalue weighted by Gasteiger charge is 2.25. The first-order valence-electron chi connectivity index (χ1n) is 8.93. The van der Waals surface area contributed by atoms with Crippen molar-refractivity contribution in [1.82, 2.24) is 14.5 Å². The minimum Gasteiger partial charge on any atom is -0.462 e. The smallest absolute Gasteiger partial charge is 0.344 e. The van der Waals surface area contributed by atoms with E-state index in [9.17, 15) is 4.79 Å². The first-order chi connectivity index (χ1) is 12.6. The molecule has 6 heteroatoms. The first kappa shape index (κ1) is 17.9. The molecule has 0 bridgehead atoms. The average molecular weight is 352 g/mol. The molecule has 0 aliphatic carbocycles. The Hall–Kier alpha value is -2.89.